The molecule has 0 saturated carbocycles. The van der Waals surface area contributed by atoms with Crippen LogP contribution >= 0.6 is 0 Å². The van der Waals surface area contributed by atoms with E-state index in [0.717, 1.165) is 18.2 Å². The second-order valence-electron chi connectivity index (χ2n) is 5.08. The summed E-state index contributed by atoms with van der Waals surface area (Å²) in [5.41, 5.74) is -0.0504. The number of amides is 1. The third-order valence-electron chi connectivity index (χ3n) is 3.64. The van der Waals surface area contributed by atoms with Crippen LogP contribution in [-0.4, -0.2) is 30.5 Å². The Morgan fingerprint density at radius 3 is 2.76 bits per heavy atom. The largest absolute Gasteiger partial charge is 0.494 e. The average Bonchev–Trinajstić information content (AvgIpc) is 3.00. The molecule has 1 aromatic carbocycles. The molecular formula is C16H17NO4. The summed E-state index contributed by atoms with van der Waals surface area (Å²) in [6.45, 7) is 3.85. The molecule has 21 heavy (non-hydrogen) atoms. The van der Waals surface area contributed by atoms with Gasteiger partial charge in [-0.25, -0.2) is 4.79 Å². The Bertz CT molecular complexity index is 729. The monoisotopic (exact) mass is 287 g/mol. The molecule has 1 aromatic heterocycles. The third-order valence-corrected chi connectivity index (χ3v) is 3.64. The molecule has 0 atom stereocenters. The highest BCUT2D eigenvalue weighted by atomic mass is 16.5. The van der Waals surface area contributed by atoms with Gasteiger partial charge in [0.25, 0.3) is 5.91 Å². The first-order valence-electron chi connectivity index (χ1n) is 7.19. The molecule has 0 bridgehead atoms. The van der Waals surface area contributed by atoms with Crippen LogP contribution in [0.25, 0.3) is 11.0 Å². The van der Waals surface area contributed by atoms with E-state index in [1.54, 1.807) is 29.2 Å². The van der Waals surface area contributed by atoms with Gasteiger partial charge in [-0.15, -0.1) is 0 Å². The number of benzene rings is 1. The maximum Gasteiger partial charge on any atom is 0.349 e. The fraction of sp³-hybridized carbons (Fsp3) is 0.375. The summed E-state index contributed by atoms with van der Waals surface area (Å²) < 4.78 is 10.7. The van der Waals surface area contributed by atoms with Crippen molar-refractivity contribution in [1.82, 2.24) is 4.90 Å². The molecule has 1 amide bonds. The van der Waals surface area contributed by atoms with E-state index in [0.29, 0.717) is 31.0 Å². The number of hydrogen-bond acceptors (Lipinski definition) is 4. The van der Waals surface area contributed by atoms with E-state index in [-0.39, 0.29) is 11.5 Å². The SMILES string of the molecule is CCOc1ccc2cc(C(=O)N3CCCC3)c(=O)oc2c1. The standard InChI is InChI=1S/C16H17NO4/c1-2-20-12-6-5-11-9-13(16(19)21-14(11)10-12)15(18)17-7-3-4-8-17/h5-6,9-10H,2-4,7-8H2,1H3. The van der Waals surface area contributed by atoms with E-state index < -0.39 is 5.63 Å². The van der Waals surface area contributed by atoms with Crippen LogP contribution in [0.3, 0.4) is 0 Å². The average molecular weight is 287 g/mol. The van der Waals surface area contributed by atoms with Gasteiger partial charge in [0.1, 0.15) is 16.9 Å². The Kier molecular flexibility index (Phi) is 3.64. The van der Waals surface area contributed by atoms with E-state index in [1.807, 2.05) is 6.92 Å². The van der Waals surface area contributed by atoms with Crippen molar-refractivity contribution in [3.05, 3.63) is 40.2 Å². The zero-order valence-electron chi connectivity index (χ0n) is 11.9. The molecule has 0 N–H and O–H groups in total. The van der Waals surface area contributed by atoms with Crippen molar-refractivity contribution in [1.29, 1.82) is 0 Å². The Morgan fingerprint density at radius 1 is 1.29 bits per heavy atom. The smallest absolute Gasteiger partial charge is 0.349 e. The molecule has 1 fully saturated rings. The van der Waals surface area contributed by atoms with Crippen LogP contribution in [-0.2, 0) is 0 Å². The highest BCUT2D eigenvalue weighted by Crippen LogP contribution is 2.21. The van der Waals surface area contributed by atoms with E-state index >= 15 is 0 Å². The molecule has 3 rings (SSSR count). The summed E-state index contributed by atoms with van der Waals surface area (Å²) >= 11 is 0. The molecule has 0 radical (unpaired) electrons. The molecule has 2 heterocycles. The van der Waals surface area contributed by atoms with Crippen molar-refractivity contribution in [3.63, 3.8) is 0 Å². The first kappa shape index (κ1) is 13.7. The molecule has 1 saturated heterocycles. The normalized spacial score (nSPS) is 14.6. The summed E-state index contributed by atoms with van der Waals surface area (Å²) in [7, 11) is 0. The number of hydrogen-bond donors (Lipinski definition) is 0. The van der Waals surface area contributed by atoms with Crippen LogP contribution in [0.1, 0.15) is 30.1 Å². The maximum atomic E-state index is 12.3. The van der Waals surface area contributed by atoms with E-state index in [9.17, 15) is 9.59 Å². The van der Waals surface area contributed by atoms with Crippen LogP contribution in [0.2, 0.25) is 0 Å². The molecule has 5 heteroatoms. The number of likely N-dealkylation sites (tertiary alicyclic amines) is 1. The number of carbonyl (C=O) groups is 1. The van der Waals surface area contributed by atoms with Crippen LogP contribution in [0.15, 0.2) is 33.5 Å². The minimum atomic E-state index is -0.590. The van der Waals surface area contributed by atoms with Gasteiger partial charge in [0.05, 0.1) is 6.61 Å². The van der Waals surface area contributed by atoms with Crippen molar-refractivity contribution in [2.24, 2.45) is 0 Å². The van der Waals surface area contributed by atoms with Gasteiger partial charge in [-0.1, -0.05) is 0 Å². The fourth-order valence-electron chi connectivity index (χ4n) is 2.59. The molecule has 1 aliphatic rings. The van der Waals surface area contributed by atoms with Gasteiger partial charge >= 0.3 is 5.63 Å². The van der Waals surface area contributed by atoms with Gasteiger partial charge in [-0.2, -0.15) is 0 Å². The summed E-state index contributed by atoms with van der Waals surface area (Å²) in [6.07, 6.45) is 1.98. The maximum absolute atomic E-state index is 12.3. The van der Waals surface area contributed by atoms with Crippen molar-refractivity contribution in [2.45, 2.75) is 19.8 Å². The van der Waals surface area contributed by atoms with E-state index in [4.69, 9.17) is 9.15 Å². The molecule has 110 valence electrons. The molecule has 0 spiro atoms. The zero-order valence-corrected chi connectivity index (χ0v) is 11.9. The zero-order chi connectivity index (χ0) is 14.8. The van der Waals surface area contributed by atoms with Crippen LogP contribution in [0.5, 0.6) is 5.75 Å². The van der Waals surface area contributed by atoms with Crippen molar-refractivity contribution in [2.75, 3.05) is 19.7 Å². The second kappa shape index (κ2) is 5.60. The quantitative estimate of drug-likeness (QED) is 0.813. The molecular weight excluding hydrogens is 270 g/mol. The van der Waals surface area contributed by atoms with Crippen LogP contribution in [0.4, 0.5) is 0 Å². The molecule has 1 aliphatic heterocycles. The highest BCUT2D eigenvalue weighted by Gasteiger charge is 2.23. The summed E-state index contributed by atoms with van der Waals surface area (Å²) in [5.74, 6) is 0.406. The minimum absolute atomic E-state index is 0.105. The number of carbonyl (C=O) groups excluding carboxylic acids is 1. The van der Waals surface area contributed by atoms with E-state index in [2.05, 4.69) is 0 Å². The summed E-state index contributed by atoms with van der Waals surface area (Å²) in [5, 5.41) is 0.723. The Labute approximate surface area is 122 Å². The lowest BCUT2D eigenvalue weighted by Crippen LogP contribution is -2.31. The molecule has 5 nitrogen and oxygen atoms in total. The highest BCUT2D eigenvalue weighted by molar-refractivity contribution is 5.96. The van der Waals surface area contributed by atoms with Gasteiger partial charge in [0.15, 0.2) is 0 Å². The Morgan fingerprint density at radius 2 is 2.05 bits per heavy atom. The predicted molar refractivity (Wildman–Crippen MR) is 78.8 cm³/mol. The third kappa shape index (κ3) is 2.63. The van der Waals surface area contributed by atoms with Gasteiger partial charge in [0.2, 0.25) is 0 Å². The Balaban J connectivity index is 2.01. The van der Waals surface area contributed by atoms with E-state index in [1.165, 1.54) is 0 Å². The van der Waals surface area contributed by atoms with Gasteiger partial charge < -0.3 is 14.1 Å². The minimum Gasteiger partial charge on any atom is -0.494 e. The van der Waals surface area contributed by atoms with Crippen LogP contribution in [0, 0.1) is 0 Å². The molecule has 2 aromatic rings. The summed E-state index contributed by atoms with van der Waals surface area (Å²) in [4.78, 5) is 26.1. The fourth-order valence-corrected chi connectivity index (χ4v) is 2.59. The van der Waals surface area contributed by atoms with Gasteiger partial charge in [-0.3, -0.25) is 4.79 Å². The molecule has 0 aliphatic carbocycles. The lowest BCUT2D eigenvalue weighted by atomic mass is 10.1. The first-order valence-corrected chi connectivity index (χ1v) is 7.19. The Hall–Kier alpha value is -2.30. The predicted octanol–water partition coefficient (Wildman–Crippen LogP) is 2.43. The lowest BCUT2D eigenvalue weighted by molar-refractivity contribution is 0.0789. The van der Waals surface area contributed by atoms with Gasteiger partial charge in [0, 0.05) is 24.5 Å². The molecule has 0 unspecified atom stereocenters. The number of nitrogens with zero attached hydrogens (tertiary/aromatic N) is 1. The number of ether oxygens (including phenoxy) is 1. The first-order chi connectivity index (χ1) is 10.2. The van der Waals surface area contributed by atoms with Crippen LogP contribution < -0.4 is 10.4 Å². The number of fused-ring (bicyclic) bond motifs is 1. The second-order valence-corrected chi connectivity index (χ2v) is 5.08. The lowest BCUT2D eigenvalue weighted by Gasteiger charge is -2.14. The number of rotatable bonds is 3. The van der Waals surface area contributed by atoms with Crippen molar-refractivity contribution < 1.29 is 13.9 Å². The van der Waals surface area contributed by atoms with Gasteiger partial charge in [-0.05, 0) is 38.0 Å². The van der Waals surface area contributed by atoms with Crippen molar-refractivity contribution >= 4 is 16.9 Å². The summed E-state index contributed by atoms with van der Waals surface area (Å²) in [6, 6.07) is 6.88. The topological polar surface area (TPSA) is 59.8 Å². The van der Waals surface area contributed by atoms with Crippen molar-refractivity contribution in [3.8, 4) is 5.75 Å².